The van der Waals surface area contributed by atoms with E-state index in [-0.39, 0.29) is 21.9 Å². The summed E-state index contributed by atoms with van der Waals surface area (Å²) in [4.78, 5) is 14.0. The number of aromatic nitrogens is 2. The number of H-pyrrole nitrogens is 1. The van der Waals surface area contributed by atoms with E-state index in [9.17, 15) is 13.2 Å². The van der Waals surface area contributed by atoms with Gasteiger partial charge in [-0.1, -0.05) is 20.8 Å². The number of nitrogens with one attached hydrogen (secondary N) is 1. The van der Waals surface area contributed by atoms with E-state index in [2.05, 4.69) is 24.0 Å². The predicted molar refractivity (Wildman–Crippen MR) is 78.3 cm³/mol. The summed E-state index contributed by atoms with van der Waals surface area (Å²) >= 11 is 0. The van der Waals surface area contributed by atoms with Crippen LogP contribution in [-0.4, -0.2) is 42.5 Å². The maximum absolute atomic E-state index is 12.5. The van der Waals surface area contributed by atoms with Crippen LogP contribution in [0.5, 0.6) is 0 Å². The molecule has 0 unspecified atom stereocenters. The molecule has 1 amide bonds. The first-order valence-electron chi connectivity index (χ1n) is 7.05. The number of sulfonamides is 1. The minimum atomic E-state index is -3.98. The minimum Gasteiger partial charge on any atom is -0.337 e. The van der Waals surface area contributed by atoms with E-state index < -0.39 is 10.0 Å². The highest BCUT2D eigenvalue weighted by molar-refractivity contribution is 7.89. The summed E-state index contributed by atoms with van der Waals surface area (Å²) < 4.78 is 23.5. The lowest BCUT2D eigenvalue weighted by Gasteiger charge is -2.36. The summed E-state index contributed by atoms with van der Waals surface area (Å²) in [6.45, 7) is 7.30. The van der Waals surface area contributed by atoms with Gasteiger partial charge in [0, 0.05) is 13.1 Å². The molecule has 0 radical (unpaired) electrons. The van der Waals surface area contributed by atoms with E-state index in [1.54, 1.807) is 11.8 Å². The molecule has 0 aliphatic carbocycles. The smallest absolute Gasteiger partial charge is 0.275 e. The van der Waals surface area contributed by atoms with Crippen LogP contribution in [0.2, 0.25) is 0 Å². The van der Waals surface area contributed by atoms with Gasteiger partial charge in [0.1, 0.15) is 4.90 Å². The third-order valence-electron chi connectivity index (χ3n) is 4.04. The molecule has 21 heavy (non-hydrogen) atoms. The summed E-state index contributed by atoms with van der Waals surface area (Å²) in [5.74, 6) is -0.370. The number of hydrogen-bond acceptors (Lipinski definition) is 4. The molecule has 1 aromatic rings. The number of carbonyl (C=O) groups is 1. The van der Waals surface area contributed by atoms with E-state index in [1.165, 1.54) is 0 Å². The van der Waals surface area contributed by atoms with E-state index in [4.69, 9.17) is 5.14 Å². The number of likely N-dealkylation sites (tertiary alicyclic amines) is 1. The second-order valence-corrected chi connectivity index (χ2v) is 7.73. The standard InChI is InChI=1S/C13H22N4O3S/c1-4-9-11(21(14,19)20)10(16-15-9)12(18)17-7-5-13(2,3)6-8-17/h4-8H2,1-3H3,(H,15,16)(H2,14,19,20). The van der Waals surface area contributed by atoms with Gasteiger partial charge in [0.15, 0.2) is 5.69 Å². The van der Waals surface area contributed by atoms with Crippen molar-refractivity contribution in [3.8, 4) is 0 Å². The van der Waals surface area contributed by atoms with Gasteiger partial charge in [0.25, 0.3) is 5.91 Å². The molecule has 7 nitrogen and oxygen atoms in total. The van der Waals surface area contributed by atoms with Gasteiger partial charge in [-0.25, -0.2) is 13.6 Å². The van der Waals surface area contributed by atoms with Crippen LogP contribution in [-0.2, 0) is 16.4 Å². The van der Waals surface area contributed by atoms with E-state index >= 15 is 0 Å². The Morgan fingerprint density at radius 3 is 2.43 bits per heavy atom. The number of primary sulfonamides is 1. The zero-order valence-corrected chi connectivity index (χ0v) is 13.5. The van der Waals surface area contributed by atoms with Crippen LogP contribution in [0.1, 0.15) is 49.8 Å². The first-order chi connectivity index (χ1) is 9.65. The lowest BCUT2D eigenvalue weighted by molar-refractivity contribution is 0.0620. The van der Waals surface area contributed by atoms with E-state index in [0.717, 1.165) is 12.8 Å². The average molecular weight is 314 g/mol. The lowest BCUT2D eigenvalue weighted by Crippen LogP contribution is -2.41. The van der Waals surface area contributed by atoms with Crippen molar-refractivity contribution in [3.05, 3.63) is 11.4 Å². The molecular formula is C13H22N4O3S. The van der Waals surface area contributed by atoms with Gasteiger partial charge in [-0.3, -0.25) is 9.89 Å². The Balaban J connectivity index is 2.31. The van der Waals surface area contributed by atoms with Crippen LogP contribution in [0.3, 0.4) is 0 Å². The quantitative estimate of drug-likeness (QED) is 0.863. The van der Waals surface area contributed by atoms with Crippen molar-refractivity contribution in [1.29, 1.82) is 0 Å². The van der Waals surface area contributed by atoms with E-state index in [1.807, 2.05) is 0 Å². The van der Waals surface area contributed by atoms with Crippen molar-refractivity contribution in [1.82, 2.24) is 15.1 Å². The summed E-state index contributed by atoms with van der Waals surface area (Å²) in [5.41, 5.74) is 0.493. The first-order valence-corrected chi connectivity index (χ1v) is 8.59. The van der Waals surface area contributed by atoms with Crippen LogP contribution < -0.4 is 5.14 Å². The van der Waals surface area contributed by atoms with E-state index in [0.29, 0.717) is 25.2 Å². The molecule has 1 saturated heterocycles. The Labute approximate surface area is 124 Å². The van der Waals surface area contributed by atoms with Crippen molar-refractivity contribution in [2.45, 2.75) is 44.9 Å². The Hall–Kier alpha value is -1.41. The Bertz CT molecular complexity index is 638. The molecule has 1 aliphatic heterocycles. The molecular weight excluding hydrogens is 292 g/mol. The fraction of sp³-hybridized carbons (Fsp3) is 0.692. The number of aryl methyl sites for hydroxylation is 1. The van der Waals surface area contributed by atoms with Crippen LogP contribution in [0.4, 0.5) is 0 Å². The number of rotatable bonds is 3. The van der Waals surface area contributed by atoms with Gasteiger partial charge in [0.05, 0.1) is 5.69 Å². The molecule has 0 atom stereocenters. The third kappa shape index (κ3) is 3.26. The Morgan fingerprint density at radius 1 is 1.38 bits per heavy atom. The van der Waals surface area contributed by atoms with Crippen LogP contribution in [0.15, 0.2) is 4.90 Å². The minimum absolute atomic E-state index is 0.0888. The fourth-order valence-corrected chi connectivity index (χ4v) is 3.46. The highest BCUT2D eigenvalue weighted by Crippen LogP contribution is 2.30. The second kappa shape index (κ2) is 5.42. The summed E-state index contributed by atoms with van der Waals surface area (Å²) in [5, 5.41) is 11.7. The van der Waals surface area contributed by atoms with Gasteiger partial charge in [0.2, 0.25) is 10.0 Å². The maximum atomic E-state index is 12.5. The molecule has 2 heterocycles. The maximum Gasteiger partial charge on any atom is 0.275 e. The topological polar surface area (TPSA) is 109 Å². The van der Waals surface area contributed by atoms with Crippen LogP contribution in [0, 0.1) is 5.41 Å². The van der Waals surface area contributed by atoms with Crippen LogP contribution >= 0.6 is 0 Å². The zero-order chi connectivity index (χ0) is 15.8. The van der Waals surface area contributed by atoms with Crippen LogP contribution in [0.25, 0.3) is 0 Å². The normalized spacial score (nSPS) is 18.8. The highest BCUT2D eigenvalue weighted by atomic mass is 32.2. The molecule has 0 saturated carbocycles. The molecule has 1 aliphatic rings. The molecule has 3 N–H and O–H groups in total. The molecule has 8 heteroatoms. The van der Waals surface area contributed by atoms with Crippen molar-refractivity contribution >= 4 is 15.9 Å². The molecule has 1 fully saturated rings. The van der Waals surface area contributed by atoms with Crippen molar-refractivity contribution < 1.29 is 13.2 Å². The van der Waals surface area contributed by atoms with Crippen molar-refractivity contribution in [2.75, 3.05) is 13.1 Å². The summed E-state index contributed by atoms with van der Waals surface area (Å²) in [6.07, 6.45) is 2.18. The average Bonchev–Trinajstić information content (AvgIpc) is 2.81. The number of hydrogen-bond donors (Lipinski definition) is 2. The largest absolute Gasteiger partial charge is 0.337 e. The fourth-order valence-electron chi connectivity index (χ4n) is 2.52. The number of carbonyl (C=O) groups excluding carboxylic acids is 1. The predicted octanol–water partition coefficient (Wildman–Crippen LogP) is 0.882. The SMILES string of the molecule is CCc1[nH]nc(C(=O)N2CCC(C)(C)CC2)c1S(N)(=O)=O. The van der Waals surface area contributed by atoms with Gasteiger partial charge < -0.3 is 4.90 Å². The summed E-state index contributed by atoms with van der Waals surface area (Å²) in [6, 6.07) is 0. The molecule has 0 aromatic carbocycles. The van der Waals surface area contributed by atoms with Gasteiger partial charge in [-0.05, 0) is 24.7 Å². The monoisotopic (exact) mass is 314 g/mol. The van der Waals surface area contributed by atoms with Gasteiger partial charge >= 0.3 is 0 Å². The number of aromatic amines is 1. The molecule has 1 aromatic heterocycles. The molecule has 2 rings (SSSR count). The van der Waals surface area contributed by atoms with Gasteiger partial charge in [-0.15, -0.1) is 0 Å². The Kier molecular flexibility index (Phi) is 4.12. The Morgan fingerprint density at radius 2 is 1.95 bits per heavy atom. The number of nitrogens with zero attached hydrogens (tertiary/aromatic N) is 2. The molecule has 0 spiro atoms. The molecule has 0 bridgehead atoms. The highest BCUT2D eigenvalue weighted by Gasteiger charge is 2.33. The van der Waals surface area contributed by atoms with Gasteiger partial charge in [-0.2, -0.15) is 5.10 Å². The second-order valence-electron chi connectivity index (χ2n) is 6.23. The number of piperidine rings is 1. The number of amides is 1. The number of nitrogens with two attached hydrogens (primary N) is 1. The molecule has 118 valence electrons. The summed E-state index contributed by atoms with van der Waals surface area (Å²) in [7, 11) is -3.98. The first kappa shape index (κ1) is 16.0. The zero-order valence-electron chi connectivity index (χ0n) is 12.6. The lowest BCUT2D eigenvalue weighted by atomic mass is 9.82. The van der Waals surface area contributed by atoms with Crippen molar-refractivity contribution in [3.63, 3.8) is 0 Å². The third-order valence-corrected chi connectivity index (χ3v) is 5.05. The van der Waals surface area contributed by atoms with Crippen molar-refractivity contribution in [2.24, 2.45) is 10.6 Å².